The molecule has 0 saturated heterocycles. The molecule has 1 aromatic heterocycles. The molecular weight excluding hydrogens is 398 g/mol. The van der Waals surface area contributed by atoms with Crippen LogP contribution in [0.4, 0.5) is 28.8 Å². The standard InChI is InChI=1S/C26H25N5O/c1-17-9-13-21(14-10-17)28-24-23(30-25(32)20-7-5-4-6-8-20)19(3)27-26(31-24)29-22-15-11-18(2)12-16-22/h4-16H,1-3H3,(H,30,32)(H2,27,28,29,31). The fourth-order valence-corrected chi connectivity index (χ4v) is 3.18. The number of benzene rings is 3. The lowest BCUT2D eigenvalue weighted by molar-refractivity contribution is 0.102. The molecule has 1 amide bonds. The van der Waals surface area contributed by atoms with Crippen LogP contribution in [0.25, 0.3) is 0 Å². The van der Waals surface area contributed by atoms with Crippen molar-refractivity contribution in [3.05, 3.63) is 101 Å². The zero-order valence-corrected chi connectivity index (χ0v) is 18.3. The molecule has 0 aliphatic carbocycles. The van der Waals surface area contributed by atoms with E-state index in [1.807, 2.05) is 87.5 Å². The number of hydrogen-bond acceptors (Lipinski definition) is 5. The maximum absolute atomic E-state index is 12.8. The Bertz CT molecular complexity index is 1220. The van der Waals surface area contributed by atoms with Gasteiger partial charge in [0.15, 0.2) is 5.82 Å². The summed E-state index contributed by atoms with van der Waals surface area (Å²) in [7, 11) is 0. The fraction of sp³-hybridized carbons (Fsp3) is 0.115. The number of amides is 1. The maximum Gasteiger partial charge on any atom is 0.255 e. The number of carbonyl (C=O) groups excluding carboxylic acids is 1. The molecule has 1 heterocycles. The van der Waals surface area contributed by atoms with Crippen LogP contribution >= 0.6 is 0 Å². The number of nitrogens with one attached hydrogen (secondary N) is 3. The number of anilines is 5. The fourth-order valence-electron chi connectivity index (χ4n) is 3.18. The van der Waals surface area contributed by atoms with Crippen molar-refractivity contribution >= 4 is 34.7 Å². The molecule has 3 aromatic carbocycles. The van der Waals surface area contributed by atoms with Gasteiger partial charge in [0.25, 0.3) is 5.91 Å². The van der Waals surface area contributed by atoms with Gasteiger partial charge in [0.1, 0.15) is 5.69 Å². The van der Waals surface area contributed by atoms with Crippen molar-refractivity contribution in [3.8, 4) is 0 Å². The molecule has 0 bridgehead atoms. The zero-order valence-electron chi connectivity index (χ0n) is 18.3. The van der Waals surface area contributed by atoms with Gasteiger partial charge in [0, 0.05) is 16.9 Å². The highest BCUT2D eigenvalue weighted by molar-refractivity contribution is 6.06. The summed E-state index contributed by atoms with van der Waals surface area (Å²) in [5, 5.41) is 9.54. The summed E-state index contributed by atoms with van der Waals surface area (Å²) in [5.41, 5.74) is 5.84. The summed E-state index contributed by atoms with van der Waals surface area (Å²) in [6.45, 7) is 5.93. The van der Waals surface area contributed by atoms with E-state index in [2.05, 4.69) is 25.9 Å². The molecule has 0 fully saturated rings. The Morgan fingerprint density at radius 2 is 1.25 bits per heavy atom. The van der Waals surface area contributed by atoms with Gasteiger partial charge in [0.05, 0.1) is 5.69 Å². The second-order valence-corrected chi connectivity index (χ2v) is 7.66. The lowest BCUT2D eigenvalue weighted by atomic mass is 10.2. The second kappa shape index (κ2) is 9.31. The molecule has 4 rings (SSSR count). The van der Waals surface area contributed by atoms with Crippen LogP contribution in [0.1, 0.15) is 27.2 Å². The van der Waals surface area contributed by atoms with Crippen molar-refractivity contribution in [1.82, 2.24) is 9.97 Å². The second-order valence-electron chi connectivity index (χ2n) is 7.66. The quantitative estimate of drug-likeness (QED) is 0.347. The Balaban J connectivity index is 1.68. The van der Waals surface area contributed by atoms with Crippen molar-refractivity contribution < 1.29 is 4.79 Å². The van der Waals surface area contributed by atoms with Crippen LogP contribution in [0.2, 0.25) is 0 Å². The Hall–Kier alpha value is -4.19. The lowest BCUT2D eigenvalue weighted by Crippen LogP contribution is -2.16. The number of carbonyl (C=O) groups is 1. The van der Waals surface area contributed by atoms with E-state index in [-0.39, 0.29) is 5.91 Å². The van der Waals surface area contributed by atoms with Crippen molar-refractivity contribution in [2.75, 3.05) is 16.0 Å². The molecule has 0 spiro atoms. The minimum atomic E-state index is -0.219. The van der Waals surface area contributed by atoms with Crippen LogP contribution in [0.5, 0.6) is 0 Å². The zero-order chi connectivity index (χ0) is 22.5. The molecule has 0 atom stereocenters. The third-order valence-corrected chi connectivity index (χ3v) is 4.99. The van der Waals surface area contributed by atoms with Gasteiger partial charge in [-0.2, -0.15) is 4.98 Å². The normalized spacial score (nSPS) is 10.5. The number of hydrogen-bond donors (Lipinski definition) is 3. The highest BCUT2D eigenvalue weighted by Crippen LogP contribution is 2.29. The summed E-state index contributed by atoms with van der Waals surface area (Å²) in [5.74, 6) is 0.738. The van der Waals surface area contributed by atoms with Gasteiger partial charge >= 0.3 is 0 Å². The molecule has 6 heteroatoms. The number of nitrogens with zero attached hydrogens (tertiary/aromatic N) is 2. The Morgan fingerprint density at radius 3 is 1.84 bits per heavy atom. The van der Waals surface area contributed by atoms with Crippen LogP contribution in [0.3, 0.4) is 0 Å². The van der Waals surface area contributed by atoms with E-state index in [1.54, 1.807) is 12.1 Å². The first-order valence-corrected chi connectivity index (χ1v) is 10.4. The average Bonchev–Trinajstić information content (AvgIpc) is 2.80. The molecule has 160 valence electrons. The highest BCUT2D eigenvalue weighted by Gasteiger charge is 2.16. The average molecular weight is 424 g/mol. The van der Waals surface area contributed by atoms with E-state index >= 15 is 0 Å². The minimum absolute atomic E-state index is 0.219. The predicted molar refractivity (Wildman–Crippen MR) is 130 cm³/mol. The molecule has 0 saturated carbocycles. The lowest BCUT2D eigenvalue weighted by Gasteiger charge is -2.16. The van der Waals surface area contributed by atoms with Gasteiger partial charge in [-0.3, -0.25) is 4.79 Å². The van der Waals surface area contributed by atoms with Crippen LogP contribution < -0.4 is 16.0 Å². The van der Waals surface area contributed by atoms with E-state index in [1.165, 1.54) is 5.56 Å². The number of aryl methyl sites for hydroxylation is 3. The molecular formula is C26H25N5O. The molecule has 0 unspecified atom stereocenters. The largest absolute Gasteiger partial charge is 0.338 e. The van der Waals surface area contributed by atoms with Gasteiger partial charge in [-0.15, -0.1) is 0 Å². The first-order valence-electron chi connectivity index (χ1n) is 10.4. The molecule has 0 aliphatic rings. The molecule has 0 radical (unpaired) electrons. The van der Waals surface area contributed by atoms with E-state index in [0.717, 1.165) is 16.9 Å². The first-order chi connectivity index (χ1) is 15.5. The SMILES string of the molecule is Cc1ccc(Nc2nc(C)c(NC(=O)c3ccccc3)c(Nc3ccc(C)cc3)n2)cc1. The third-order valence-electron chi connectivity index (χ3n) is 4.99. The van der Waals surface area contributed by atoms with Gasteiger partial charge in [-0.1, -0.05) is 53.6 Å². The Morgan fingerprint density at radius 1 is 0.688 bits per heavy atom. The molecule has 0 aliphatic heterocycles. The van der Waals surface area contributed by atoms with Gasteiger partial charge in [-0.25, -0.2) is 4.98 Å². The van der Waals surface area contributed by atoms with Crippen molar-refractivity contribution in [2.45, 2.75) is 20.8 Å². The summed E-state index contributed by atoms with van der Waals surface area (Å²) in [4.78, 5) is 22.1. The summed E-state index contributed by atoms with van der Waals surface area (Å²) in [6.07, 6.45) is 0. The van der Waals surface area contributed by atoms with Crippen LogP contribution in [-0.2, 0) is 0 Å². The van der Waals surface area contributed by atoms with Crippen LogP contribution in [0, 0.1) is 20.8 Å². The summed E-state index contributed by atoms with van der Waals surface area (Å²) in [6, 6.07) is 25.1. The van der Waals surface area contributed by atoms with Crippen molar-refractivity contribution in [3.63, 3.8) is 0 Å². The highest BCUT2D eigenvalue weighted by atomic mass is 16.1. The first kappa shape index (κ1) is 21.1. The maximum atomic E-state index is 12.8. The molecule has 4 aromatic rings. The van der Waals surface area contributed by atoms with E-state index in [0.29, 0.717) is 28.7 Å². The Kier molecular flexibility index (Phi) is 6.12. The molecule has 3 N–H and O–H groups in total. The van der Waals surface area contributed by atoms with Crippen LogP contribution in [0.15, 0.2) is 78.9 Å². The molecule has 32 heavy (non-hydrogen) atoms. The smallest absolute Gasteiger partial charge is 0.255 e. The van der Waals surface area contributed by atoms with Crippen LogP contribution in [-0.4, -0.2) is 15.9 Å². The predicted octanol–water partition coefficient (Wildman–Crippen LogP) is 6.14. The van der Waals surface area contributed by atoms with Crippen molar-refractivity contribution in [1.29, 1.82) is 0 Å². The third kappa shape index (κ3) is 5.10. The number of aromatic nitrogens is 2. The topological polar surface area (TPSA) is 78.9 Å². The van der Waals surface area contributed by atoms with E-state index < -0.39 is 0 Å². The monoisotopic (exact) mass is 423 g/mol. The Labute approximate surface area is 187 Å². The van der Waals surface area contributed by atoms with Gasteiger partial charge < -0.3 is 16.0 Å². The van der Waals surface area contributed by atoms with Crippen molar-refractivity contribution in [2.24, 2.45) is 0 Å². The number of rotatable bonds is 6. The molecule has 6 nitrogen and oxygen atoms in total. The van der Waals surface area contributed by atoms with Gasteiger partial charge in [0.2, 0.25) is 5.95 Å². The van der Waals surface area contributed by atoms with E-state index in [4.69, 9.17) is 0 Å². The summed E-state index contributed by atoms with van der Waals surface area (Å²) < 4.78 is 0. The minimum Gasteiger partial charge on any atom is -0.338 e. The van der Waals surface area contributed by atoms with Gasteiger partial charge in [-0.05, 0) is 57.2 Å². The van der Waals surface area contributed by atoms with E-state index in [9.17, 15) is 4.79 Å². The summed E-state index contributed by atoms with van der Waals surface area (Å²) >= 11 is 0.